The standard InChI is InChI=1S/C16H25NO4/c1-16(7-9-21-10-8-16)17-11-12-5-6-13(18-2)15(20-4)14(12)19-3/h5-6,17H,7-11H2,1-4H3. The normalized spacial score (nSPS) is 17.3. The van der Waals surface area contributed by atoms with Gasteiger partial charge in [0, 0.05) is 30.9 Å². The van der Waals surface area contributed by atoms with Gasteiger partial charge in [0.15, 0.2) is 11.5 Å². The van der Waals surface area contributed by atoms with Gasteiger partial charge in [0.25, 0.3) is 0 Å². The highest BCUT2D eigenvalue weighted by Crippen LogP contribution is 2.39. The van der Waals surface area contributed by atoms with Crippen LogP contribution < -0.4 is 19.5 Å². The van der Waals surface area contributed by atoms with Crippen molar-refractivity contribution in [2.75, 3.05) is 34.5 Å². The second kappa shape index (κ2) is 7.00. The summed E-state index contributed by atoms with van der Waals surface area (Å²) >= 11 is 0. The van der Waals surface area contributed by atoms with Gasteiger partial charge in [-0.05, 0) is 25.8 Å². The third kappa shape index (κ3) is 3.60. The van der Waals surface area contributed by atoms with Crippen molar-refractivity contribution < 1.29 is 18.9 Å². The fourth-order valence-corrected chi connectivity index (χ4v) is 2.61. The molecule has 2 rings (SSSR count). The molecule has 0 radical (unpaired) electrons. The highest BCUT2D eigenvalue weighted by Gasteiger charge is 2.27. The third-order valence-corrected chi connectivity index (χ3v) is 4.09. The van der Waals surface area contributed by atoms with E-state index in [-0.39, 0.29) is 5.54 Å². The van der Waals surface area contributed by atoms with Crippen molar-refractivity contribution in [2.45, 2.75) is 31.8 Å². The van der Waals surface area contributed by atoms with E-state index in [0.717, 1.165) is 43.9 Å². The second-order valence-corrected chi connectivity index (χ2v) is 5.52. The molecule has 0 spiro atoms. The van der Waals surface area contributed by atoms with Crippen LogP contribution in [0.15, 0.2) is 12.1 Å². The van der Waals surface area contributed by atoms with E-state index in [1.54, 1.807) is 21.3 Å². The number of nitrogens with one attached hydrogen (secondary N) is 1. The Morgan fingerprint density at radius 1 is 1.05 bits per heavy atom. The summed E-state index contributed by atoms with van der Waals surface area (Å²) < 4.78 is 21.7. The molecule has 1 fully saturated rings. The van der Waals surface area contributed by atoms with E-state index in [1.165, 1.54) is 0 Å². The molecule has 0 unspecified atom stereocenters. The highest BCUT2D eigenvalue weighted by molar-refractivity contribution is 5.55. The van der Waals surface area contributed by atoms with Gasteiger partial charge in [0.1, 0.15) is 0 Å². The zero-order valence-electron chi connectivity index (χ0n) is 13.3. The topological polar surface area (TPSA) is 49.0 Å². The predicted octanol–water partition coefficient (Wildman–Crippen LogP) is 2.37. The Balaban J connectivity index is 2.16. The summed E-state index contributed by atoms with van der Waals surface area (Å²) in [6.45, 7) is 4.59. The van der Waals surface area contributed by atoms with Gasteiger partial charge in [-0.1, -0.05) is 6.07 Å². The summed E-state index contributed by atoms with van der Waals surface area (Å²) in [4.78, 5) is 0. The van der Waals surface area contributed by atoms with E-state index in [9.17, 15) is 0 Å². The molecule has 5 nitrogen and oxygen atoms in total. The molecule has 21 heavy (non-hydrogen) atoms. The maximum Gasteiger partial charge on any atom is 0.203 e. The molecule has 0 saturated carbocycles. The summed E-state index contributed by atoms with van der Waals surface area (Å²) in [5.41, 5.74) is 1.17. The summed E-state index contributed by atoms with van der Waals surface area (Å²) in [7, 11) is 4.90. The van der Waals surface area contributed by atoms with Gasteiger partial charge in [-0.15, -0.1) is 0 Å². The molecule has 5 heteroatoms. The minimum Gasteiger partial charge on any atom is -0.493 e. The minimum absolute atomic E-state index is 0.108. The lowest BCUT2D eigenvalue weighted by Gasteiger charge is -2.35. The number of rotatable bonds is 6. The molecular formula is C16H25NO4. The molecule has 0 aromatic heterocycles. The van der Waals surface area contributed by atoms with Gasteiger partial charge >= 0.3 is 0 Å². The first-order chi connectivity index (χ1) is 10.1. The van der Waals surface area contributed by atoms with Crippen molar-refractivity contribution >= 4 is 0 Å². The van der Waals surface area contributed by atoms with E-state index in [2.05, 4.69) is 12.2 Å². The molecular weight excluding hydrogens is 270 g/mol. The number of methoxy groups -OCH3 is 3. The minimum atomic E-state index is 0.108. The van der Waals surface area contributed by atoms with Crippen LogP contribution in [0.5, 0.6) is 17.2 Å². The lowest BCUT2D eigenvalue weighted by atomic mass is 9.92. The summed E-state index contributed by atoms with van der Waals surface area (Å²) in [6.07, 6.45) is 2.03. The van der Waals surface area contributed by atoms with Gasteiger partial charge < -0.3 is 24.3 Å². The third-order valence-electron chi connectivity index (χ3n) is 4.09. The zero-order chi connectivity index (χ0) is 15.3. The van der Waals surface area contributed by atoms with Gasteiger partial charge in [0.2, 0.25) is 5.75 Å². The Hall–Kier alpha value is -1.46. The quantitative estimate of drug-likeness (QED) is 0.873. The summed E-state index contributed by atoms with van der Waals surface area (Å²) in [5.74, 6) is 2.03. The van der Waals surface area contributed by atoms with Crippen LogP contribution in [-0.2, 0) is 11.3 Å². The molecule has 1 aliphatic rings. The molecule has 0 aliphatic carbocycles. The van der Waals surface area contributed by atoms with E-state index in [4.69, 9.17) is 18.9 Å². The molecule has 0 amide bonds. The van der Waals surface area contributed by atoms with Gasteiger partial charge in [0.05, 0.1) is 21.3 Å². The van der Waals surface area contributed by atoms with Gasteiger partial charge in [-0.2, -0.15) is 0 Å². The van der Waals surface area contributed by atoms with E-state index in [0.29, 0.717) is 11.5 Å². The van der Waals surface area contributed by atoms with E-state index in [1.807, 2.05) is 12.1 Å². The number of hydrogen-bond donors (Lipinski definition) is 1. The first-order valence-electron chi connectivity index (χ1n) is 7.24. The Morgan fingerprint density at radius 2 is 1.71 bits per heavy atom. The predicted molar refractivity (Wildman–Crippen MR) is 81.4 cm³/mol. The summed E-state index contributed by atoms with van der Waals surface area (Å²) in [6, 6.07) is 3.92. The Bertz CT molecular complexity index is 470. The van der Waals surface area contributed by atoms with Crippen LogP contribution in [-0.4, -0.2) is 40.1 Å². The maximum absolute atomic E-state index is 5.51. The Labute approximate surface area is 126 Å². The average molecular weight is 295 g/mol. The molecule has 0 atom stereocenters. The lowest BCUT2D eigenvalue weighted by Crippen LogP contribution is -2.46. The molecule has 0 bridgehead atoms. The Kier molecular flexibility index (Phi) is 5.31. The van der Waals surface area contributed by atoms with Crippen molar-refractivity contribution in [1.29, 1.82) is 0 Å². The second-order valence-electron chi connectivity index (χ2n) is 5.52. The zero-order valence-corrected chi connectivity index (χ0v) is 13.3. The van der Waals surface area contributed by atoms with Crippen LogP contribution in [0.1, 0.15) is 25.3 Å². The highest BCUT2D eigenvalue weighted by atomic mass is 16.5. The Morgan fingerprint density at radius 3 is 2.29 bits per heavy atom. The SMILES string of the molecule is COc1ccc(CNC2(C)CCOCC2)c(OC)c1OC. The fourth-order valence-electron chi connectivity index (χ4n) is 2.61. The average Bonchev–Trinajstić information content (AvgIpc) is 2.52. The fraction of sp³-hybridized carbons (Fsp3) is 0.625. The first kappa shape index (κ1) is 15.9. The van der Waals surface area contributed by atoms with Gasteiger partial charge in [-0.25, -0.2) is 0 Å². The molecule has 1 heterocycles. The number of benzene rings is 1. The van der Waals surface area contributed by atoms with Crippen molar-refractivity contribution in [1.82, 2.24) is 5.32 Å². The molecule has 1 aromatic carbocycles. The van der Waals surface area contributed by atoms with Crippen LogP contribution in [0, 0.1) is 0 Å². The smallest absolute Gasteiger partial charge is 0.203 e. The van der Waals surface area contributed by atoms with E-state index < -0.39 is 0 Å². The number of hydrogen-bond acceptors (Lipinski definition) is 5. The monoisotopic (exact) mass is 295 g/mol. The number of ether oxygens (including phenoxy) is 4. The molecule has 1 aromatic rings. The maximum atomic E-state index is 5.51. The summed E-state index contributed by atoms with van der Waals surface area (Å²) in [5, 5.41) is 3.62. The van der Waals surface area contributed by atoms with Crippen molar-refractivity contribution in [3.8, 4) is 17.2 Å². The van der Waals surface area contributed by atoms with Gasteiger partial charge in [-0.3, -0.25) is 0 Å². The molecule has 1 aliphatic heterocycles. The first-order valence-corrected chi connectivity index (χ1v) is 7.24. The van der Waals surface area contributed by atoms with Crippen molar-refractivity contribution in [3.63, 3.8) is 0 Å². The van der Waals surface area contributed by atoms with Crippen LogP contribution in [0.25, 0.3) is 0 Å². The van der Waals surface area contributed by atoms with Crippen LogP contribution in [0.4, 0.5) is 0 Å². The molecule has 1 saturated heterocycles. The van der Waals surface area contributed by atoms with Crippen LogP contribution in [0.2, 0.25) is 0 Å². The van der Waals surface area contributed by atoms with Crippen molar-refractivity contribution in [2.24, 2.45) is 0 Å². The largest absolute Gasteiger partial charge is 0.493 e. The lowest BCUT2D eigenvalue weighted by molar-refractivity contribution is 0.0445. The van der Waals surface area contributed by atoms with Crippen molar-refractivity contribution in [3.05, 3.63) is 17.7 Å². The van der Waals surface area contributed by atoms with Crippen LogP contribution >= 0.6 is 0 Å². The molecule has 1 N–H and O–H groups in total. The molecule has 118 valence electrons. The van der Waals surface area contributed by atoms with Crippen LogP contribution in [0.3, 0.4) is 0 Å². The van der Waals surface area contributed by atoms with E-state index >= 15 is 0 Å².